The standard InChI is InChI=1S/C18H22N2O2/c1-12-18(14-4-6-20(12)7-5-14)19-17(21)9-13-2-3-15-10-22-11-16(15)8-13/h2-3,8,10-12,14,18H,4-7,9H2,1H3,(H,19,21)/t12-,18+/m1/s1. The highest BCUT2D eigenvalue weighted by Gasteiger charge is 2.40. The molecule has 0 spiro atoms. The molecule has 3 aliphatic rings. The summed E-state index contributed by atoms with van der Waals surface area (Å²) in [5, 5.41) is 5.42. The molecule has 4 heterocycles. The third kappa shape index (κ3) is 2.41. The molecule has 2 aromatic rings. The van der Waals surface area contributed by atoms with Gasteiger partial charge in [0.2, 0.25) is 5.91 Å². The molecule has 5 rings (SSSR count). The number of amides is 1. The molecular weight excluding hydrogens is 276 g/mol. The van der Waals surface area contributed by atoms with Gasteiger partial charge in [0, 0.05) is 22.9 Å². The van der Waals surface area contributed by atoms with Crippen molar-refractivity contribution in [1.82, 2.24) is 10.2 Å². The van der Waals surface area contributed by atoms with Crippen molar-refractivity contribution in [3.8, 4) is 0 Å². The number of nitrogens with zero attached hydrogens (tertiary/aromatic N) is 1. The van der Waals surface area contributed by atoms with E-state index in [9.17, 15) is 4.79 Å². The van der Waals surface area contributed by atoms with Gasteiger partial charge in [0.25, 0.3) is 0 Å². The predicted molar refractivity (Wildman–Crippen MR) is 85.6 cm³/mol. The average molecular weight is 298 g/mol. The van der Waals surface area contributed by atoms with E-state index in [1.165, 1.54) is 25.9 Å². The fraction of sp³-hybridized carbons (Fsp3) is 0.500. The van der Waals surface area contributed by atoms with Crippen molar-refractivity contribution in [3.05, 3.63) is 36.3 Å². The molecule has 4 nitrogen and oxygen atoms in total. The first-order valence-corrected chi connectivity index (χ1v) is 8.19. The van der Waals surface area contributed by atoms with E-state index in [0.29, 0.717) is 24.4 Å². The van der Waals surface area contributed by atoms with Crippen molar-refractivity contribution in [1.29, 1.82) is 0 Å². The maximum Gasteiger partial charge on any atom is 0.224 e. The SMILES string of the molecule is C[C@@H]1[C@H](NC(=O)Cc2ccc3cocc3c2)C2CCN1CC2. The predicted octanol–water partition coefficient (Wildman–Crippen LogP) is 2.57. The maximum atomic E-state index is 12.4. The van der Waals surface area contributed by atoms with Crippen LogP contribution in [0, 0.1) is 5.92 Å². The summed E-state index contributed by atoms with van der Waals surface area (Å²) in [5.74, 6) is 0.786. The molecule has 1 aromatic carbocycles. The van der Waals surface area contributed by atoms with Crippen molar-refractivity contribution >= 4 is 16.7 Å². The molecular formula is C18H22N2O2. The van der Waals surface area contributed by atoms with Crippen molar-refractivity contribution in [3.63, 3.8) is 0 Å². The largest absolute Gasteiger partial charge is 0.471 e. The van der Waals surface area contributed by atoms with Crippen LogP contribution < -0.4 is 5.32 Å². The lowest BCUT2D eigenvalue weighted by Gasteiger charge is -2.50. The Morgan fingerprint density at radius 3 is 2.82 bits per heavy atom. The van der Waals surface area contributed by atoms with Crippen molar-refractivity contribution in [2.24, 2.45) is 5.92 Å². The topological polar surface area (TPSA) is 45.5 Å². The molecule has 0 unspecified atom stereocenters. The molecule has 2 atom stereocenters. The van der Waals surface area contributed by atoms with E-state index >= 15 is 0 Å². The quantitative estimate of drug-likeness (QED) is 0.947. The van der Waals surface area contributed by atoms with Gasteiger partial charge in [-0.05, 0) is 50.4 Å². The Balaban J connectivity index is 1.43. The van der Waals surface area contributed by atoms with Gasteiger partial charge in [0.05, 0.1) is 18.9 Å². The van der Waals surface area contributed by atoms with E-state index < -0.39 is 0 Å². The van der Waals surface area contributed by atoms with E-state index in [1.54, 1.807) is 12.5 Å². The summed E-state index contributed by atoms with van der Waals surface area (Å²) < 4.78 is 5.19. The fourth-order valence-corrected chi connectivity index (χ4v) is 4.09. The van der Waals surface area contributed by atoms with E-state index in [2.05, 4.69) is 17.1 Å². The smallest absolute Gasteiger partial charge is 0.224 e. The van der Waals surface area contributed by atoms with Crippen LogP contribution in [-0.4, -0.2) is 36.0 Å². The normalized spacial score (nSPS) is 30.6. The second kappa shape index (κ2) is 5.43. The van der Waals surface area contributed by atoms with Crippen LogP contribution in [-0.2, 0) is 11.2 Å². The lowest BCUT2D eigenvalue weighted by atomic mass is 9.79. The lowest BCUT2D eigenvalue weighted by Crippen LogP contribution is -2.62. The van der Waals surface area contributed by atoms with Crippen LogP contribution in [0.3, 0.4) is 0 Å². The Morgan fingerprint density at radius 2 is 2.05 bits per heavy atom. The van der Waals surface area contributed by atoms with E-state index in [1.807, 2.05) is 18.2 Å². The van der Waals surface area contributed by atoms with Gasteiger partial charge in [-0.2, -0.15) is 0 Å². The van der Waals surface area contributed by atoms with Crippen LogP contribution in [0.4, 0.5) is 0 Å². The van der Waals surface area contributed by atoms with Crippen molar-refractivity contribution in [2.75, 3.05) is 13.1 Å². The number of fused-ring (bicyclic) bond motifs is 4. The molecule has 3 saturated heterocycles. The first kappa shape index (κ1) is 13.8. The highest BCUT2D eigenvalue weighted by atomic mass is 16.3. The summed E-state index contributed by atoms with van der Waals surface area (Å²) in [5.41, 5.74) is 1.04. The van der Waals surface area contributed by atoms with Crippen molar-refractivity contribution in [2.45, 2.75) is 38.3 Å². The number of benzene rings is 1. The molecule has 116 valence electrons. The van der Waals surface area contributed by atoms with Crippen LogP contribution in [0.25, 0.3) is 10.8 Å². The van der Waals surface area contributed by atoms with Gasteiger partial charge in [0.1, 0.15) is 0 Å². The monoisotopic (exact) mass is 298 g/mol. The van der Waals surface area contributed by atoms with Crippen LogP contribution in [0.2, 0.25) is 0 Å². The Morgan fingerprint density at radius 1 is 1.27 bits per heavy atom. The summed E-state index contributed by atoms with van der Waals surface area (Å²) in [4.78, 5) is 14.9. The molecule has 3 fully saturated rings. The summed E-state index contributed by atoms with van der Waals surface area (Å²) in [6, 6.07) is 6.84. The number of rotatable bonds is 3. The molecule has 0 aliphatic carbocycles. The van der Waals surface area contributed by atoms with Crippen LogP contribution in [0.5, 0.6) is 0 Å². The number of nitrogens with one attached hydrogen (secondary N) is 1. The molecule has 1 aromatic heterocycles. The van der Waals surface area contributed by atoms with Gasteiger partial charge >= 0.3 is 0 Å². The molecule has 1 amide bonds. The third-order valence-corrected chi connectivity index (χ3v) is 5.41. The second-order valence-electron chi connectivity index (χ2n) is 6.72. The lowest BCUT2D eigenvalue weighted by molar-refractivity contribution is -0.123. The Hall–Kier alpha value is -1.81. The number of furan rings is 1. The van der Waals surface area contributed by atoms with Gasteiger partial charge < -0.3 is 9.73 Å². The van der Waals surface area contributed by atoms with Gasteiger partial charge in [-0.1, -0.05) is 12.1 Å². The van der Waals surface area contributed by atoms with Crippen LogP contribution in [0.15, 0.2) is 35.1 Å². The highest BCUT2D eigenvalue weighted by Crippen LogP contribution is 2.32. The number of carbonyl (C=O) groups is 1. The maximum absolute atomic E-state index is 12.4. The molecule has 4 heteroatoms. The third-order valence-electron chi connectivity index (χ3n) is 5.41. The minimum Gasteiger partial charge on any atom is -0.471 e. The van der Waals surface area contributed by atoms with Gasteiger partial charge in [0.15, 0.2) is 0 Å². The van der Waals surface area contributed by atoms with E-state index in [4.69, 9.17) is 4.42 Å². The Bertz CT molecular complexity index is 683. The molecule has 22 heavy (non-hydrogen) atoms. The minimum absolute atomic E-state index is 0.133. The number of piperidine rings is 3. The summed E-state index contributed by atoms with van der Waals surface area (Å²) in [6.45, 7) is 4.62. The first-order valence-electron chi connectivity index (χ1n) is 8.19. The summed E-state index contributed by atoms with van der Waals surface area (Å²) in [7, 11) is 0. The minimum atomic E-state index is 0.133. The number of hydrogen-bond acceptors (Lipinski definition) is 3. The number of carbonyl (C=O) groups excluding carboxylic acids is 1. The van der Waals surface area contributed by atoms with Crippen LogP contribution >= 0.6 is 0 Å². The zero-order valence-corrected chi connectivity index (χ0v) is 12.9. The van der Waals surface area contributed by atoms with E-state index in [-0.39, 0.29) is 5.91 Å². The zero-order chi connectivity index (χ0) is 15.1. The first-order chi connectivity index (χ1) is 10.7. The fourth-order valence-electron chi connectivity index (χ4n) is 4.09. The summed E-state index contributed by atoms with van der Waals surface area (Å²) >= 11 is 0. The van der Waals surface area contributed by atoms with Gasteiger partial charge in [-0.3, -0.25) is 9.69 Å². The number of hydrogen-bond donors (Lipinski definition) is 1. The summed E-state index contributed by atoms with van der Waals surface area (Å²) in [6.07, 6.45) is 6.34. The molecule has 0 radical (unpaired) electrons. The van der Waals surface area contributed by atoms with Gasteiger partial charge in [-0.25, -0.2) is 0 Å². The molecule has 0 saturated carbocycles. The second-order valence-corrected chi connectivity index (χ2v) is 6.72. The highest BCUT2D eigenvalue weighted by molar-refractivity contribution is 5.84. The zero-order valence-electron chi connectivity index (χ0n) is 12.9. The van der Waals surface area contributed by atoms with Crippen LogP contribution in [0.1, 0.15) is 25.3 Å². The molecule has 3 aliphatic heterocycles. The van der Waals surface area contributed by atoms with E-state index in [0.717, 1.165) is 16.3 Å². The molecule has 2 bridgehead atoms. The Labute approximate surface area is 130 Å². The average Bonchev–Trinajstić information content (AvgIpc) is 2.99. The molecule has 1 N–H and O–H groups in total. The van der Waals surface area contributed by atoms with Crippen molar-refractivity contribution < 1.29 is 9.21 Å². The Kier molecular flexibility index (Phi) is 3.41. The van der Waals surface area contributed by atoms with Gasteiger partial charge in [-0.15, -0.1) is 0 Å².